The van der Waals surface area contributed by atoms with Gasteiger partial charge in [-0.3, -0.25) is 0 Å². The van der Waals surface area contributed by atoms with Gasteiger partial charge in [0, 0.05) is 6.54 Å². The van der Waals surface area contributed by atoms with Crippen molar-refractivity contribution in [2.75, 3.05) is 6.61 Å². The van der Waals surface area contributed by atoms with Crippen LogP contribution in [0.2, 0.25) is 0 Å². The maximum absolute atomic E-state index is 6.13. The SMILES string of the molecule is CCCOc1cccc2c1nc(CCl)n2CC1(C)CCC1. The minimum Gasteiger partial charge on any atom is -0.491 e. The van der Waals surface area contributed by atoms with Gasteiger partial charge in [0.15, 0.2) is 0 Å². The molecule has 1 aliphatic carbocycles. The number of rotatable bonds is 6. The van der Waals surface area contributed by atoms with E-state index in [4.69, 9.17) is 21.3 Å². The van der Waals surface area contributed by atoms with Crippen molar-refractivity contribution in [1.82, 2.24) is 9.55 Å². The van der Waals surface area contributed by atoms with Gasteiger partial charge in [0.05, 0.1) is 18.0 Å². The van der Waals surface area contributed by atoms with E-state index in [2.05, 4.69) is 24.5 Å². The first-order valence-electron chi connectivity index (χ1n) is 7.84. The fourth-order valence-corrected chi connectivity index (χ4v) is 3.30. The molecular weight excluding hydrogens is 284 g/mol. The Morgan fingerprint density at radius 2 is 2.19 bits per heavy atom. The molecule has 1 aliphatic rings. The van der Waals surface area contributed by atoms with Gasteiger partial charge >= 0.3 is 0 Å². The average molecular weight is 307 g/mol. The number of hydrogen-bond donors (Lipinski definition) is 0. The van der Waals surface area contributed by atoms with E-state index in [0.717, 1.165) is 42.2 Å². The molecule has 0 unspecified atom stereocenters. The monoisotopic (exact) mass is 306 g/mol. The molecule has 2 aromatic rings. The van der Waals surface area contributed by atoms with Gasteiger partial charge in [-0.1, -0.05) is 26.3 Å². The molecule has 1 aromatic heterocycles. The molecule has 1 saturated carbocycles. The summed E-state index contributed by atoms with van der Waals surface area (Å²) in [4.78, 5) is 4.73. The average Bonchev–Trinajstić information content (AvgIpc) is 2.82. The fourth-order valence-electron chi connectivity index (χ4n) is 3.10. The first-order valence-corrected chi connectivity index (χ1v) is 8.37. The molecular formula is C17H23ClN2O. The lowest BCUT2D eigenvalue weighted by Crippen LogP contribution is -2.31. The second-order valence-electron chi connectivity index (χ2n) is 6.38. The van der Waals surface area contributed by atoms with Crippen molar-refractivity contribution in [3.05, 3.63) is 24.0 Å². The van der Waals surface area contributed by atoms with Crippen molar-refractivity contribution in [2.45, 2.75) is 52.0 Å². The smallest absolute Gasteiger partial charge is 0.147 e. The van der Waals surface area contributed by atoms with Crippen molar-refractivity contribution in [1.29, 1.82) is 0 Å². The molecule has 0 amide bonds. The van der Waals surface area contributed by atoms with E-state index < -0.39 is 0 Å². The molecule has 0 radical (unpaired) electrons. The summed E-state index contributed by atoms with van der Waals surface area (Å²) in [6.45, 7) is 6.20. The first kappa shape index (κ1) is 14.7. The molecule has 1 fully saturated rings. The summed E-state index contributed by atoms with van der Waals surface area (Å²) in [5.41, 5.74) is 2.49. The van der Waals surface area contributed by atoms with Crippen molar-refractivity contribution < 1.29 is 4.74 Å². The highest BCUT2D eigenvalue weighted by Gasteiger charge is 2.33. The number of ether oxygens (including phenoxy) is 1. The van der Waals surface area contributed by atoms with Gasteiger partial charge in [-0.15, -0.1) is 11.6 Å². The van der Waals surface area contributed by atoms with Crippen LogP contribution in [-0.2, 0) is 12.4 Å². The summed E-state index contributed by atoms with van der Waals surface area (Å²) in [7, 11) is 0. The molecule has 1 heterocycles. The molecule has 114 valence electrons. The summed E-state index contributed by atoms with van der Waals surface area (Å²) in [5, 5.41) is 0. The quantitative estimate of drug-likeness (QED) is 0.720. The standard InChI is InChI=1S/C17H23ClN2O/c1-3-10-21-14-7-4-6-13-16(14)19-15(11-18)20(13)12-17(2)8-5-9-17/h4,6-7H,3,5,8-12H2,1-2H3. The van der Waals surface area contributed by atoms with Gasteiger partial charge in [-0.05, 0) is 36.8 Å². The van der Waals surface area contributed by atoms with E-state index in [1.807, 2.05) is 12.1 Å². The predicted molar refractivity (Wildman–Crippen MR) is 87.0 cm³/mol. The Balaban J connectivity index is 2.01. The first-order chi connectivity index (χ1) is 10.2. The lowest BCUT2D eigenvalue weighted by Gasteiger charge is -2.39. The van der Waals surface area contributed by atoms with E-state index in [1.165, 1.54) is 19.3 Å². The number of fused-ring (bicyclic) bond motifs is 1. The van der Waals surface area contributed by atoms with Crippen LogP contribution in [-0.4, -0.2) is 16.2 Å². The zero-order valence-electron chi connectivity index (χ0n) is 12.9. The summed E-state index contributed by atoms with van der Waals surface area (Å²) in [6.07, 6.45) is 4.92. The number of aromatic nitrogens is 2. The Labute approximate surface area is 131 Å². The molecule has 4 heteroatoms. The van der Waals surface area contributed by atoms with Gasteiger partial charge in [0.1, 0.15) is 17.1 Å². The van der Waals surface area contributed by atoms with Gasteiger partial charge in [0.2, 0.25) is 0 Å². The number of benzene rings is 1. The van der Waals surface area contributed by atoms with E-state index >= 15 is 0 Å². The highest BCUT2D eigenvalue weighted by Crippen LogP contribution is 2.43. The van der Waals surface area contributed by atoms with E-state index in [0.29, 0.717) is 11.3 Å². The highest BCUT2D eigenvalue weighted by molar-refractivity contribution is 6.16. The van der Waals surface area contributed by atoms with Crippen LogP contribution in [0.1, 0.15) is 45.4 Å². The third-order valence-corrected chi connectivity index (χ3v) is 4.74. The second kappa shape index (κ2) is 5.88. The molecule has 3 nitrogen and oxygen atoms in total. The maximum atomic E-state index is 6.13. The molecule has 0 saturated heterocycles. The lowest BCUT2D eigenvalue weighted by atomic mass is 9.70. The minimum absolute atomic E-state index is 0.398. The van der Waals surface area contributed by atoms with Crippen LogP contribution in [0.5, 0.6) is 5.75 Å². The number of halogens is 1. The predicted octanol–water partition coefficient (Wildman–Crippen LogP) is 4.75. The van der Waals surface area contributed by atoms with Gasteiger partial charge in [0.25, 0.3) is 0 Å². The zero-order valence-corrected chi connectivity index (χ0v) is 13.6. The summed E-state index contributed by atoms with van der Waals surface area (Å²) >= 11 is 6.13. The topological polar surface area (TPSA) is 27.1 Å². The highest BCUT2D eigenvalue weighted by atomic mass is 35.5. The van der Waals surface area contributed by atoms with Crippen molar-refractivity contribution in [3.8, 4) is 5.75 Å². The summed E-state index contributed by atoms with van der Waals surface area (Å²) in [5.74, 6) is 2.27. The fraction of sp³-hybridized carbons (Fsp3) is 0.588. The Hall–Kier alpha value is -1.22. The number of alkyl halides is 1. The van der Waals surface area contributed by atoms with Gasteiger partial charge in [-0.2, -0.15) is 0 Å². The Morgan fingerprint density at radius 1 is 1.38 bits per heavy atom. The summed E-state index contributed by atoms with van der Waals surface area (Å²) in [6, 6.07) is 6.17. The Bertz CT molecular complexity index is 631. The maximum Gasteiger partial charge on any atom is 0.147 e. The van der Waals surface area contributed by atoms with Crippen molar-refractivity contribution in [2.24, 2.45) is 5.41 Å². The van der Waals surface area contributed by atoms with E-state index in [-0.39, 0.29) is 0 Å². The minimum atomic E-state index is 0.398. The van der Waals surface area contributed by atoms with Crippen LogP contribution in [0.15, 0.2) is 18.2 Å². The van der Waals surface area contributed by atoms with Crippen LogP contribution >= 0.6 is 11.6 Å². The van der Waals surface area contributed by atoms with Crippen LogP contribution in [0, 0.1) is 5.41 Å². The van der Waals surface area contributed by atoms with Crippen molar-refractivity contribution in [3.63, 3.8) is 0 Å². The van der Waals surface area contributed by atoms with E-state index in [9.17, 15) is 0 Å². The van der Waals surface area contributed by atoms with Gasteiger partial charge < -0.3 is 9.30 Å². The molecule has 3 rings (SSSR count). The Morgan fingerprint density at radius 3 is 2.81 bits per heavy atom. The molecule has 0 N–H and O–H groups in total. The Kier molecular flexibility index (Phi) is 4.12. The van der Waals surface area contributed by atoms with E-state index in [1.54, 1.807) is 0 Å². The molecule has 0 aliphatic heterocycles. The molecule has 0 atom stereocenters. The third kappa shape index (κ3) is 2.76. The van der Waals surface area contributed by atoms with Crippen LogP contribution in [0.4, 0.5) is 0 Å². The summed E-state index contributed by atoms with van der Waals surface area (Å²) < 4.78 is 8.12. The van der Waals surface area contributed by atoms with Crippen LogP contribution in [0.25, 0.3) is 11.0 Å². The number of imidazole rings is 1. The largest absolute Gasteiger partial charge is 0.491 e. The van der Waals surface area contributed by atoms with Crippen LogP contribution in [0.3, 0.4) is 0 Å². The molecule has 0 bridgehead atoms. The number of para-hydroxylation sites is 1. The third-order valence-electron chi connectivity index (χ3n) is 4.50. The lowest BCUT2D eigenvalue weighted by molar-refractivity contribution is 0.133. The van der Waals surface area contributed by atoms with Crippen molar-refractivity contribution >= 4 is 22.6 Å². The number of hydrogen-bond acceptors (Lipinski definition) is 2. The number of nitrogens with zero attached hydrogens (tertiary/aromatic N) is 2. The normalized spacial score (nSPS) is 16.9. The molecule has 0 spiro atoms. The molecule has 1 aromatic carbocycles. The molecule has 21 heavy (non-hydrogen) atoms. The van der Waals surface area contributed by atoms with Crippen LogP contribution < -0.4 is 4.74 Å². The second-order valence-corrected chi connectivity index (χ2v) is 6.65. The zero-order chi connectivity index (χ0) is 14.9. The van der Waals surface area contributed by atoms with Gasteiger partial charge in [-0.25, -0.2) is 4.98 Å².